The summed E-state index contributed by atoms with van der Waals surface area (Å²) in [6.07, 6.45) is 3.57. The van der Waals surface area contributed by atoms with E-state index < -0.39 is 5.41 Å². The predicted molar refractivity (Wildman–Crippen MR) is 66.5 cm³/mol. The first-order valence-electron chi connectivity index (χ1n) is 5.69. The summed E-state index contributed by atoms with van der Waals surface area (Å²) in [6.45, 7) is 6.34. The molecule has 0 saturated carbocycles. The van der Waals surface area contributed by atoms with Crippen LogP contribution in [0.3, 0.4) is 0 Å². The van der Waals surface area contributed by atoms with Gasteiger partial charge in [-0.25, -0.2) is 0 Å². The molecule has 4 heteroatoms. The number of hydrogen-bond acceptors (Lipinski definition) is 4. The number of nitrogens with zero attached hydrogens (tertiary/aromatic N) is 1. The van der Waals surface area contributed by atoms with E-state index >= 15 is 0 Å². The molecule has 1 heterocycles. The van der Waals surface area contributed by atoms with Crippen molar-refractivity contribution in [2.24, 2.45) is 5.41 Å². The van der Waals surface area contributed by atoms with Crippen LogP contribution in [0.25, 0.3) is 0 Å². The van der Waals surface area contributed by atoms with E-state index in [-0.39, 0.29) is 12.0 Å². The maximum Gasteiger partial charge on any atom is 0.312 e. The molecule has 0 saturated heterocycles. The molecule has 17 heavy (non-hydrogen) atoms. The summed E-state index contributed by atoms with van der Waals surface area (Å²) in [5, 5.41) is 3.31. The van der Waals surface area contributed by atoms with E-state index in [0.29, 0.717) is 6.54 Å². The number of pyridine rings is 1. The van der Waals surface area contributed by atoms with Crippen molar-refractivity contribution in [3.63, 3.8) is 0 Å². The first kappa shape index (κ1) is 13.6. The Hall–Kier alpha value is -1.42. The zero-order valence-electron chi connectivity index (χ0n) is 10.9. The van der Waals surface area contributed by atoms with Gasteiger partial charge < -0.3 is 10.1 Å². The Bertz CT molecular complexity index is 363. The number of carbonyl (C=O) groups is 1. The fourth-order valence-corrected chi connectivity index (χ4v) is 1.51. The van der Waals surface area contributed by atoms with E-state index in [0.717, 1.165) is 5.56 Å². The van der Waals surface area contributed by atoms with Crippen molar-refractivity contribution >= 4 is 5.97 Å². The zero-order valence-corrected chi connectivity index (χ0v) is 10.9. The molecule has 0 aliphatic rings. The number of nitrogens with one attached hydrogen (secondary N) is 1. The Labute approximate surface area is 102 Å². The van der Waals surface area contributed by atoms with E-state index in [4.69, 9.17) is 4.74 Å². The second-order valence-corrected chi connectivity index (χ2v) is 4.76. The lowest BCUT2D eigenvalue weighted by Gasteiger charge is -2.24. The lowest BCUT2D eigenvalue weighted by atomic mass is 9.93. The molecule has 0 radical (unpaired) electrons. The molecule has 0 spiro atoms. The molecule has 1 aromatic heterocycles. The molecule has 0 aliphatic carbocycles. The Kier molecular flexibility index (Phi) is 4.63. The monoisotopic (exact) mass is 236 g/mol. The minimum atomic E-state index is -0.523. The molecule has 0 fully saturated rings. The van der Waals surface area contributed by atoms with Crippen LogP contribution in [-0.4, -0.2) is 24.6 Å². The van der Waals surface area contributed by atoms with Crippen molar-refractivity contribution in [3.8, 4) is 0 Å². The van der Waals surface area contributed by atoms with Gasteiger partial charge in [0, 0.05) is 25.0 Å². The smallest absolute Gasteiger partial charge is 0.312 e. The summed E-state index contributed by atoms with van der Waals surface area (Å²) in [4.78, 5) is 15.6. The third kappa shape index (κ3) is 3.82. The van der Waals surface area contributed by atoms with Crippen molar-refractivity contribution < 1.29 is 9.53 Å². The van der Waals surface area contributed by atoms with E-state index in [1.807, 2.05) is 39.1 Å². The first-order chi connectivity index (χ1) is 7.97. The number of ether oxygens (including phenoxy) is 1. The summed E-state index contributed by atoms with van der Waals surface area (Å²) < 4.78 is 4.76. The van der Waals surface area contributed by atoms with Crippen LogP contribution in [0.1, 0.15) is 32.4 Å². The van der Waals surface area contributed by atoms with Crippen molar-refractivity contribution in [2.45, 2.75) is 26.8 Å². The van der Waals surface area contributed by atoms with Crippen molar-refractivity contribution in [1.82, 2.24) is 10.3 Å². The fourth-order valence-electron chi connectivity index (χ4n) is 1.51. The van der Waals surface area contributed by atoms with Crippen LogP contribution in [0, 0.1) is 5.41 Å². The second kappa shape index (κ2) is 5.77. The predicted octanol–water partition coefficient (Wildman–Crippen LogP) is 1.93. The van der Waals surface area contributed by atoms with E-state index in [1.165, 1.54) is 7.11 Å². The molecule has 1 aromatic rings. The third-order valence-electron chi connectivity index (χ3n) is 2.77. The fraction of sp³-hybridized carbons (Fsp3) is 0.538. The van der Waals surface area contributed by atoms with Gasteiger partial charge in [0.05, 0.1) is 12.5 Å². The molecule has 0 aliphatic heterocycles. The maximum absolute atomic E-state index is 11.5. The first-order valence-corrected chi connectivity index (χ1v) is 5.69. The average Bonchev–Trinajstić information content (AvgIpc) is 2.36. The number of methoxy groups -OCH3 is 1. The normalized spacial score (nSPS) is 13.2. The molecule has 1 atom stereocenters. The standard InChI is InChI=1S/C13H20N2O2/c1-10(11-6-5-7-14-8-11)15-9-13(2,3)12(16)17-4/h5-8,10,15H,9H2,1-4H3/t10-/m0/s1. The molecule has 0 aromatic carbocycles. The molecule has 94 valence electrons. The highest BCUT2D eigenvalue weighted by Gasteiger charge is 2.28. The Morgan fingerprint density at radius 2 is 2.29 bits per heavy atom. The number of aromatic nitrogens is 1. The molecule has 1 rings (SSSR count). The highest BCUT2D eigenvalue weighted by atomic mass is 16.5. The van der Waals surface area contributed by atoms with Gasteiger partial charge >= 0.3 is 5.97 Å². The van der Waals surface area contributed by atoms with Gasteiger partial charge in [-0.05, 0) is 32.4 Å². The van der Waals surface area contributed by atoms with Gasteiger partial charge in [0.1, 0.15) is 0 Å². The maximum atomic E-state index is 11.5. The molecular formula is C13H20N2O2. The quantitative estimate of drug-likeness (QED) is 0.794. The van der Waals surface area contributed by atoms with Gasteiger partial charge in [-0.2, -0.15) is 0 Å². The summed E-state index contributed by atoms with van der Waals surface area (Å²) in [5.74, 6) is -0.205. The highest BCUT2D eigenvalue weighted by molar-refractivity contribution is 5.76. The van der Waals surface area contributed by atoms with Gasteiger partial charge in [0.15, 0.2) is 0 Å². The summed E-state index contributed by atoms with van der Waals surface area (Å²) >= 11 is 0. The summed E-state index contributed by atoms with van der Waals surface area (Å²) in [6, 6.07) is 4.07. The SMILES string of the molecule is COC(=O)C(C)(C)CN[C@@H](C)c1cccnc1. The molecule has 1 N–H and O–H groups in total. The number of hydrogen-bond donors (Lipinski definition) is 1. The average molecular weight is 236 g/mol. The summed E-state index contributed by atoms with van der Waals surface area (Å²) in [5.41, 5.74) is 0.582. The number of carbonyl (C=O) groups excluding carboxylic acids is 1. The van der Waals surface area contributed by atoms with E-state index in [9.17, 15) is 4.79 Å². The van der Waals surface area contributed by atoms with Crippen molar-refractivity contribution in [1.29, 1.82) is 0 Å². The van der Waals surface area contributed by atoms with Crippen molar-refractivity contribution in [2.75, 3.05) is 13.7 Å². The Morgan fingerprint density at radius 1 is 1.59 bits per heavy atom. The lowest BCUT2D eigenvalue weighted by Crippen LogP contribution is -2.38. The number of esters is 1. The van der Waals surface area contributed by atoms with Crippen LogP contribution in [0.5, 0.6) is 0 Å². The number of rotatable bonds is 5. The third-order valence-corrected chi connectivity index (χ3v) is 2.77. The van der Waals surface area contributed by atoms with Crippen LogP contribution in [-0.2, 0) is 9.53 Å². The molecule has 0 bridgehead atoms. The summed E-state index contributed by atoms with van der Waals surface area (Å²) in [7, 11) is 1.41. The van der Waals surface area contributed by atoms with Gasteiger partial charge in [-0.3, -0.25) is 9.78 Å². The van der Waals surface area contributed by atoms with Gasteiger partial charge in [0.25, 0.3) is 0 Å². The topological polar surface area (TPSA) is 51.2 Å². The van der Waals surface area contributed by atoms with Gasteiger partial charge in [0.2, 0.25) is 0 Å². The Balaban J connectivity index is 2.54. The van der Waals surface area contributed by atoms with E-state index in [2.05, 4.69) is 10.3 Å². The minimum absolute atomic E-state index is 0.160. The van der Waals surface area contributed by atoms with Crippen LogP contribution in [0.15, 0.2) is 24.5 Å². The van der Waals surface area contributed by atoms with Crippen LogP contribution < -0.4 is 5.32 Å². The largest absolute Gasteiger partial charge is 0.469 e. The van der Waals surface area contributed by atoms with Gasteiger partial charge in [-0.15, -0.1) is 0 Å². The van der Waals surface area contributed by atoms with Crippen LogP contribution >= 0.6 is 0 Å². The second-order valence-electron chi connectivity index (χ2n) is 4.76. The van der Waals surface area contributed by atoms with Crippen LogP contribution in [0.2, 0.25) is 0 Å². The molecular weight excluding hydrogens is 216 g/mol. The Morgan fingerprint density at radius 3 is 2.82 bits per heavy atom. The van der Waals surface area contributed by atoms with Crippen molar-refractivity contribution in [3.05, 3.63) is 30.1 Å². The molecule has 0 amide bonds. The lowest BCUT2D eigenvalue weighted by molar-refractivity contribution is -0.150. The minimum Gasteiger partial charge on any atom is -0.469 e. The zero-order chi connectivity index (χ0) is 12.9. The molecule has 4 nitrogen and oxygen atoms in total. The molecule has 0 unspecified atom stereocenters. The van der Waals surface area contributed by atoms with Crippen LogP contribution in [0.4, 0.5) is 0 Å². The van der Waals surface area contributed by atoms with Gasteiger partial charge in [-0.1, -0.05) is 6.07 Å². The van der Waals surface area contributed by atoms with E-state index in [1.54, 1.807) is 6.20 Å². The highest BCUT2D eigenvalue weighted by Crippen LogP contribution is 2.18.